The molecule has 2 aromatic rings. The van der Waals surface area contributed by atoms with E-state index in [1.807, 2.05) is 12.2 Å². The second kappa shape index (κ2) is 8.07. The molecule has 0 radical (unpaired) electrons. The van der Waals surface area contributed by atoms with Gasteiger partial charge in [-0.3, -0.25) is 10.3 Å². The first-order valence-electron chi connectivity index (χ1n) is 8.24. The quantitative estimate of drug-likeness (QED) is 0.473. The van der Waals surface area contributed by atoms with Crippen molar-refractivity contribution >= 4 is 11.9 Å². The van der Waals surface area contributed by atoms with Gasteiger partial charge in [-0.2, -0.15) is 0 Å². The van der Waals surface area contributed by atoms with Crippen molar-refractivity contribution in [2.24, 2.45) is 10.7 Å². The van der Waals surface area contributed by atoms with Crippen LogP contribution in [-0.2, 0) is 0 Å². The number of benzene rings is 2. The Morgan fingerprint density at radius 1 is 1.15 bits per heavy atom. The molecular formula is C19H20F2N4O. The highest BCUT2D eigenvalue weighted by atomic mass is 19.1. The van der Waals surface area contributed by atoms with Crippen molar-refractivity contribution in [1.82, 2.24) is 5.32 Å². The summed E-state index contributed by atoms with van der Waals surface area (Å²) in [5.41, 5.74) is 6.93. The molecule has 136 valence electrons. The van der Waals surface area contributed by atoms with Gasteiger partial charge in [0.1, 0.15) is 23.5 Å². The third kappa shape index (κ3) is 4.25. The molecule has 0 spiro atoms. The van der Waals surface area contributed by atoms with Crippen LogP contribution in [0.3, 0.4) is 0 Å². The zero-order chi connectivity index (χ0) is 18.5. The predicted octanol–water partition coefficient (Wildman–Crippen LogP) is 2.98. The van der Waals surface area contributed by atoms with Crippen LogP contribution < -0.4 is 16.4 Å². The second-order valence-corrected chi connectivity index (χ2v) is 5.95. The second-order valence-electron chi connectivity index (χ2n) is 5.95. The van der Waals surface area contributed by atoms with Gasteiger partial charge in [0.2, 0.25) is 0 Å². The predicted molar refractivity (Wildman–Crippen MR) is 99.1 cm³/mol. The van der Waals surface area contributed by atoms with Gasteiger partial charge >= 0.3 is 0 Å². The molecule has 0 fully saturated rings. The van der Waals surface area contributed by atoms with Gasteiger partial charge in [-0.25, -0.2) is 8.78 Å². The van der Waals surface area contributed by atoms with E-state index in [2.05, 4.69) is 15.6 Å². The molecule has 0 bridgehead atoms. The first-order valence-corrected chi connectivity index (χ1v) is 8.24. The highest BCUT2D eigenvalue weighted by Crippen LogP contribution is 2.31. The fourth-order valence-electron chi connectivity index (χ4n) is 2.85. The summed E-state index contributed by atoms with van der Waals surface area (Å²) in [4.78, 5) is 4.40. The lowest BCUT2D eigenvalue weighted by atomic mass is 10.0. The minimum absolute atomic E-state index is 0.0358. The minimum Gasteiger partial charge on any atom is -0.506 e. The van der Waals surface area contributed by atoms with Gasteiger partial charge in [0.25, 0.3) is 0 Å². The maximum absolute atomic E-state index is 13.4. The standard InChI is InChI=1S/C19H20F2N4O/c20-14-7-13(8-15(21)10-14)12-4-5-16(18(26)9-12)25-19(24-11-22)17-3-1-2-6-23-17/h1-2,4-10,17,19,24-26H,3,11,22H2. The Kier molecular flexibility index (Phi) is 5.60. The largest absolute Gasteiger partial charge is 0.506 e. The molecule has 2 atom stereocenters. The van der Waals surface area contributed by atoms with E-state index in [1.54, 1.807) is 18.3 Å². The van der Waals surface area contributed by atoms with E-state index in [9.17, 15) is 13.9 Å². The SMILES string of the molecule is NCNC(Nc1ccc(-c2cc(F)cc(F)c2)cc1O)C1CC=CC=N1. The smallest absolute Gasteiger partial charge is 0.139 e. The Labute approximate surface area is 150 Å². The van der Waals surface area contributed by atoms with Crippen LogP contribution in [0.5, 0.6) is 5.75 Å². The van der Waals surface area contributed by atoms with E-state index in [0.29, 0.717) is 16.8 Å². The van der Waals surface area contributed by atoms with E-state index in [0.717, 1.165) is 12.5 Å². The Morgan fingerprint density at radius 3 is 2.54 bits per heavy atom. The number of hydrogen-bond donors (Lipinski definition) is 4. The molecule has 26 heavy (non-hydrogen) atoms. The zero-order valence-electron chi connectivity index (χ0n) is 14.0. The maximum atomic E-state index is 13.4. The molecule has 0 aromatic heterocycles. The number of anilines is 1. The maximum Gasteiger partial charge on any atom is 0.139 e. The Bertz CT molecular complexity index is 818. The van der Waals surface area contributed by atoms with Gasteiger partial charge < -0.3 is 16.2 Å². The van der Waals surface area contributed by atoms with E-state index in [1.165, 1.54) is 18.2 Å². The van der Waals surface area contributed by atoms with Crippen LogP contribution in [0, 0.1) is 11.6 Å². The molecule has 2 unspecified atom stereocenters. The van der Waals surface area contributed by atoms with Crippen molar-refractivity contribution in [1.29, 1.82) is 0 Å². The topological polar surface area (TPSA) is 82.7 Å². The zero-order valence-corrected chi connectivity index (χ0v) is 14.0. The third-order valence-corrected chi connectivity index (χ3v) is 4.10. The average Bonchev–Trinajstić information content (AvgIpc) is 2.62. The summed E-state index contributed by atoms with van der Waals surface area (Å²) in [5.74, 6) is -1.37. The number of dihydropyridines is 1. The summed E-state index contributed by atoms with van der Waals surface area (Å²) >= 11 is 0. The van der Waals surface area contributed by atoms with Crippen molar-refractivity contribution in [3.05, 3.63) is 60.2 Å². The van der Waals surface area contributed by atoms with Crippen molar-refractivity contribution < 1.29 is 13.9 Å². The monoisotopic (exact) mass is 358 g/mol. The molecule has 2 aromatic carbocycles. The lowest BCUT2D eigenvalue weighted by Gasteiger charge is -2.27. The highest BCUT2D eigenvalue weighted by Gasteiger charge is 2.20. The summed E-state index contributed by atoms with van der Waals surface area (Å²) in [5, 5.41) is 16.6. The first kappa shape index (κ1) is 18.0. The summed E-state index contributed by atoms with van der Waals surface area (Å²) in [6.07, 6.45) is 6.07. The molecule has 5 nitrogen and oxygen atoms in total. The number of aliphatic imine (C=N–C) groups is 1. The Hall–Kier alpha value is -2.77. The number of aromatic hydroxyl groups is 1. The average molecular weight is 358 g/mol. The Balaban J connectivity index is 1.82. The summed E-state index contributed by atoms with van der Waals surface area (Å²) in [7, 11) is 0. The van der Waals surface area contributed by atoms with Gasteiger partial charge in [-0.15, -0.1) is 0 Å². The van der Waals surface area contributed by atoms with Crippen LogP contribution in [0.2, 0.25) is 0 Å². The molecule has 1 aliphatic rings. The van der Waals surface area contributed by atoms with Gasteiger partial charge in [-0.05, 0) is 47.9 Å². The summed E-state index contributed by atoms with van der Waals surface area (Å²) < 4.78 is 26.8. The first-order chi connectivity index (χ1) is 12.6. The Morgan fingerprint density at radius 2 is 1.92 bits per heavy atom. The number of hydrogen-bond acceptors (Lipinski definition) is 5. The molecule has 3 rings (SSSR count). The van der Waals surface area contributed by atoms with E-state index in [-0.39, 0.29) is 24.6 Å². The molecule has 7 heteroatoms. The van der Waals surface area contributed by atoms with Gasteiger partial charge in [-0.1, -0.05) is 12.1 Å². The molecule has 0 saturated heterocycles. The number of rotatable bonds is 6. The molecule has 1 aliphatic heterocycles. The number of halogens is 2. The third-order valence-electron chi connectivity index (χ3n) is 4.10. The number of nitrogens with one attached hydrogen (secondary N) is 2. The summed E-state index contributed by atoms with van der Waals surface area (Å²) in [6, 6.07) is 7.96. The molecule has 0 aliphatic carbocycles. The van der Waals surface area contributed by atoms with Crippen LogP contribution in [0.15, 0.2) is 53.5 Å². The van der Waals surface area contributed by atoms with Gasteiger partial charge in [0.05, 0.1) is 11.7 Å². The fourth-order valence-corrected chi connectivity index (χ4v) is 2.85. The van der Waals surface area contributed by atoms with Crippen molar-refractivity contribution in [3.8, 4) is 16.9 Å². The van der Waals surface area contributed by atoms with Crippen molar-refractivity contribution in [3.63, 3.8) is 0 Å². The van der Waals surface area contributed by atoms with Crippen LogP contribution in [0.4, 0.5) is 14.5 Å². The normalized spacial score (nSPS) is 17.3. The molecular weight excluding hydrogens is 338 g/mol. The van der Waals surface area contributed by atoms with Crippen LogP contribution in [0.1, 0.15) is 6.42 Å². The van der Waals surface area contributed by atoms with Gasteiger partial charge in [0, 0.05) is 18.9 Å². The highest BCUT2D eigenvalue weighted by molar-refractivity contribution is 5.73. The number of nitrogens with zero attached hydrogens (tertiary/aromatic N) is 1. The molecule has 5 N–H and O–H groups in total. The van der Waals surface area contributed by atoms with Crippen LogP contribution in [-0.4, -0.2) is 30.2 Å². The minimum atomic E-state index is -0.669. The van der Waals surface area contributed by atoms with E-state index < -0.39 is 11.6 Å². The lowest BCUT2D eigenvalue weighted by Crippen LogP contribution is -2.47. The number of phenols is 1. The summed E-state index contributed by atoms with van der Waals surface area (Å²) in [6.45, 7) is 0.245. The van der Waals surface area contributed by atoms with Gasteiger partial charge in [0.15, 0.2) is 0 Å². The fraction of sp³-hybridized carbons (Fsp3) is 0.211. The van der Waals surface area contributed by atoms with Crippen molar-refractivity contribution in [2.75, 3.05) is 12.0 Å². The molecule has 1 heterocycles. The van der Waals surface area contributed by atoms with E-state index in [4.69, 9.17) is 5.73 Å². The van der Waals surface area contributed by atoms with Crippen LogP contribution >= 0.6 is 0 Å². The number of phenolic OH excluding ortho intramolecular Hbond substituents is 1. The molecule has 0 saturated carbocycles. The molecule has 0 amide bonds. The van der Waals surface area contributed by atoms with E-state index >= 15 is 0 Å². The van der Waals surface area contributed by atoms with Crippen molar-refractivity contribution in [2.45, 2.75) is 18.6 Å². The number of nitrogens with two attached hydrogens (primary N) is 1. The lowest BCUT2D eigenvalue weighted by molar-refractivity contribution is 0.459. The number of allylic oxidation sites excluding steroid dienone is 1. The van der Waals surface area contributed by atoms with Crippen LogP contribution in [0.25, 0.3) is 11.1 Å².